The Morgan fingerprint density at radius 1 is 1.20 bits per heavy atom. The van der Waals surface area contributed by atoms with E-state index >= 15 is 0 Å². The summed E-state index contributed by atoms with van der Waals surface area (Å²) < 4.78 is 15.8. The van der Waals surface area contributed by atoms with Gasteiger partial charge in [0.15, 0.2) is 5.82 Å². The molecule has 0 radical (unpaired) electrons. The highest BCUT2D eigenvalue weighted by atomic mass is 35.5. The van der Waals surface area contributed by atoms with E-state index in [1.165, 1.54) is 11.6 Å². The van der Waals surface area contributed by atoms with E-state index in [-0.39, 0.29) is 11.7 Å². The summed E-state index contributed by atoms with van der Waals surface area (Å²) in [6.07, 6.45) is 0. The first-order valence-electron chi connectivity index (χ1n) is 6.44. The fraction of sp³-hybridized carbons (Fsp3) is 0.188. The van der Waals surface area contributed by atoms with E-state index in [4.69, 9.17) is 11.6 Å². The van der Waals surface area contributed by atoms with E-state index in [9.17, 15) is 4.39 Å². The first-order valence-corrected chi connectivity index (χ1v) is 6.97. The number of fused-ring (bicyclic) bond motifs is 1. The lowest BCUT2D eigenvalue weighted by Crippen LogP contribution is -2.04. The van der Waals surface area contributed by atoms with Crippen LogP contribution in [0.3, 0.4) is 0 Å². The number of nitrogens with zero attached hydrogens (tertiary/aromatic N) is 2. The zero-order valence-electron chi connectivity index (χ0n) is 11.1. The molecule has 0 atom stereocenters. The van der Waals surface area contributed by atoms with Crippen LogP contribution in [-0.4, -0.2) is 9.55 Å². The molecule has 1 aromatic heterocycles. The molecule has 0 saturated heterocycles. The molecule has 20 heavy (non-hydrogen) atoms. The molecule has 0 fully saturated rings. The molecule has 0 aliphatic carbocycles. The van der Waals surface area contributed by atoms with Gasteiger partial charge in [-0.25, -0.2) is 9.37 Å². The van der Waals surface area contributed by atoms with Gasteiger partial charge in [-0.3, -0.25) is 0 Å². The number of rotatable bonds is 3. The fourth-order valence-electron chi connectivity index (χ4n) is 2.43. The van der Waals surface area contributed by atoms with Crippen LogP contribution in [0.2, 0.25) is 0 Å². The summed E-state index contributed by atoms with van der Waals surface area (Å²) in [5.74, 6) is 0.644. The fourth-order valence-corrected chi connectivity index (χ4v) is 2.64. The van der Waals surface area contributed by atoms with Crippen molar-refractivity contribution in [3.05, 3.63) is 65.2 Å². The monoisotopic (exact) mass is 288 g/mol. The number of aryl methyl sites for hydroxylation is 1. The molecule has 0 N–H and O–H groups in total. The van der Waals surface area contributed by atoms with Crippen LogP contribution in [0.25, 0.3) is 11.0 Å². The average Bonchev–Trinajstić information content (AvgIpc) is 2.79. The van der Waals surface area contributed by atoms with Crippen LogP contribution in [0.1, 0.15) is 17.0 Å². The number of alkyl halides is 1. The third-order valence-corrected chi connectivity index (χ3v) is 3.59. The van der Waals surface area contributed by atoms with E-state index in [1.54, 1.807) is 6.07 Å². The Bertz CT molecular complexity index is 764. The summed E-state index contributed by atoms with van der Waals surface area (Å²) in [7, 11) is 0. The van der Waals surface area contributed by atoms with E-state index in [0.29, 0.717) is 17.9 Å². The van der Waals surface area contributed by atoms with Gasteiger partial charge in [0, 0.05) is 6.54 Å². The minimum atomic E-state index is -0.308. The summed E-state index contributed by atoms with van der Waals surface area (Å²) in [4.78, 5) is 4.31. The molecular formula is C16H14ClFN2. The number of halogens is 2. The summed E-state index contributed by atoms with van der Waals surface area (Å²) in [6, 6.07) is 13.2. The zero-order valence-corrected chi connectivity index (χ0v) is 11.9. The SMILES string of the molecule is Cc1cccc(Cn2c(CCl)nc3c(F)cccc32)c1. The maximum atomic E-state index is 13.8. The molecule has 102 valence electrons. The highest BCUT2D eigenvalue weighted by Crippen LogP contribution is 2.21. The number of hydrogen-bond acceptors (Lipinski definition) is 1. The van der Waals surface area contributed by atoms with Crippen LogP contribution in [0.4, 0.5) is 4.39 Å². The zero-order chi connectivity index (χ0) is 14.1. The third kappa shape index (κ3) is 2.29. The Kier molecular flexibility index (Phi) is 3.45. The molecular weight excluding hydrogens is 275 g/mol. The summed E-state index contributed by atoms with van der Waals surface area (Å²) in [6.45, 7) is 2.70. The smallest absolute Gasteiger partial charge is 0.151 e. The molecule has 3 aromatic rings. The van der Waals surface area contributed by atoms with Crippen LogP contribution in [-0.2, 0) is 12.4 Å². The Balaban J connectivity index is 2.12. The molecule has 1 heterocycles. The number of aromatic nitrogens is 2. The van der Waals surface area contributed by atoms with Gasteiger partial charge < -0.3 is 4.57 Å². The summed E-state index contributed by atoms with van der Waals surface area (Å²) in [5, 5.41) is 0. The first kappa shape index (κ1) is 13.1. The van der Waals surface area contributed by atoms with Crippen molar-refractivity contribution in [2.24, 2.45) is 0 Å². The molecule has 4 heteroatoms. The van der Waals surface area contributed by atoms with Crippen LogP contribution >= 0.6 is 11.6 Å². The molecule has 3 rings (SSSR count). The lowest BCUT2D eigenvalue weighted by Gasteiger charge is -2.08. The Hall–Kier alpha value is -1.87. The molecule has 0 saturated carbocycles. The van der Waals surface area contributed by atoms with E-state index in [0.717, 1.165) is 11.1 Å². The van der Waals surface area contributed by atoms with Gasteiger partial charge in [-0.15, -0.1) is 11.6 Å². The van der Waals surface area contributed by atoms with Crippen LogP contribution in [0.5, 0.6) is 0 Å². The molecule has 2 aromatic carbocycles. The predicted octanol–water partition coefficient (Wildman–Crippen LogP) is 4.27. The van der Waals surface area contributed by atoms with E-state index < -0.39 is 0 Å². The molecule has 0 unspecified atom stereocenters. The lowest BCUT2D eigenvalue weighted by molar-refractivity contribution is 0.637. The molecule has 0 amide bonds. The maximum Gasteiger partial charge on any atom is 0.151 e. The first-order chi connectivity index (χ1) is 9.69. The normalized spacial score (nSPS) is 11.2. The van der Waals surface area contributed by atoms with Gasteiger partial charge in [0.1, 0.15) is 11.3 Å². The van der Waals surface area contributed by atoms with Gasteiger partial charge in [0.05, 0.1) is 11.4 Å². The molecule has 0 bridgehead atoms. The number of imidazole rings is 1. The van der Waals surface area contributed by atoms with Crippen molar-refractivity contribution in [2.45, 2.75) is 19.3 Å². The molecule has 0 aliphatic heterocycles. The van der Waals surface area contributed by atoms with Crippen LogP contribution in [0.15, 0.2) is 42.5 Å². The second-order valence-corrected chi connectivity index (χ2v) is 5.11. The highest BCUT2D eigenvalue weighted by Gasteiger charge is 2.13. The topological polar surface area (TPSA) is 17.8 Å². The highest BCUT2D eigenvalue weighted by molar-refractivity contribution is 6.16. The predicted molar refractivity (Wildman–Crippen MR) is 79.5 cm³/mol. The largest absolute Gasteiger partial charge is 0.322 e. The lowest BCUT2D eigenvalue weighted by atomic mass is 10.1. The second-order valence-electron chi connectivity index (χ2n) is 4.84. The minimum Gasteiger partial charge on any atom is -0.322 e. The minimum absolute atomic E-state index is 0.264. The number of benzene rings is 2. The maximum absolute atomic E-state index is 13.8. The van der Waals surface area contributed by atoms with E-state index in [1.807, 2.05) is 16.7 Å². The van der Waals surface area contributed by atoms with E-state index in [2.05, 4.69) is 30.1 Å². The van der Waals surface area contributed by atoms with Gasteiger partial charge in [0.25, 0.3) is 0 Å². The Morgan fingerprint density at radius 3 is 2.75 bits per heavy atom. The summed E-state index contributed by atoms with van der Waals surface area (Å²) >= 11 is 5.95. The molecule has 0 spiro atoms. The quantitative estimate of drug-likeness (QED) is 0.658. The van der Waals surface area contributed by atoms with Crippen LogP contribution < -0.4 is 0 Å². The van der Waals surface area contributed by atoms with Crippen molar-refractivity contribution >= 4 is 22.6 Å². The molecule has 2 nitrogen and oxygen atoms in total. The van der Waals surface area contributed by atoms with Gasteiger partial charge in [0.2, 0.25) is 0 Å². The number of para-hydroxylation sites is 1. The van der Waals surface area contributed by atoms with Crippen molar-refractivity contribution in [1.82, 2.24) is 9.55 Å². The number of hydrogen-bond donors (Lipinski definition) is 0. The van der Waals surface area contributed by atoms with Gasteiger partial charge >= 0.3 is 0 Å². The van der Waals surface area contributed by atoms with Crippen molar-refractivity contribution in [2.75, 3.05) is 0 Å². The Labute approximate surface area is 121 Å². The molecule has 0 aliphatic rings. The van der Waals surface area contributed by atoms with Crippen molar-refractivity contribution < 1.29 is 4.39 Å². The Morgan fingerprint density at radius 2 is 2.00 bits per heavy atom. The third-order valence-electron chi connectivity index (χ3n) is 3.35. The van der Waals surface area contributed by atoms with Gasteiger partial charge in [-0.05, 0) is 24.6 Å². The van der Waals surface area contributed by atoms with Crippen molar-refractivity contribution in [3.8, 4) is 0 Å². The van der Waals surface area contributed by atoms with Crippen molar-refractivity contribution in [3.63, 3.8) is 0 Å². The van der Waals surface area contributed by atoms with Crippen LogP contribution in [0, 0.1) is 12.7 Å². The van der Waals surface area contributed by atoms with Gasteiger partial charge in [-0.2, -0.15) is 0 Å². The van der Waals surface area contributed by atoms with Gasteiger partial charge in [-0.1, -0.05) is 35.9 Å². The average molecular weight is 289 g/mol. The standard InChI is InChI=1S/C16H14ClFN2/c1-11-4-2-5-12(8-11)10-20-14-7-3-6-13(18)16(14)19-15(20)9-17/h2-8H,9-10H2,1H3. The van der Waals surface area contributed by atoms with Crippen molar-refractivity contribution in [1.29, 1.82) is 0 Å². The summed E-state index contributed by atoms with van der Waals surface area (Å²) in [5.41, 5.74) is 3.52. The second kappa shape index (κ2) is 5.25.